The number of carbonyl (C=O) groups is 1. The average Bonchev–Trinajstić information content (AvgIpc) is 2.25. The average molecular weight is 326 g/mol. The highest BCUT2D eigenvalue weighted by Crippen LogP contribution is 2.31. The van der Waals surface area contributed by atoms with Gasteiger partial charge in [-0.15, -0.1) is 0 Å². The minimum Gasteiger partial charge on any atom is -0.346 e. The van der Waals surface area contributed by atoms with Crippen LogP contribution in [0.25, 0.3) is 0 Å². The van der Waals surface area contributed by atoms with Crippen molar-refractivity contribution in [2.45, 2.75) is 52.4 Å². The fourth-order valence-electron chi connectivity index (χ4n) is 2.20. The summed E-state index contributed by atoms with van der Waals surface area (Å²) in [6.45, 7) is 13.7. The predicted molar refractivity (Wildman–Crippen MR) is 85.2 cm³/mol. The van der Waals surface area contributed by atoms with Gasteiger partial charge < -0.3 is 5.32 Å². The van der Waals surface area contributed by atoms with Crippen LogP contribution in [-0.4, -0.2) is 11.4 Å². The minimum absolute atomic E-state index is 0.0885. The molecule has 19 heavy (non-hydrogen) atoms. The van der Waals surface area contributed by atoms with Gasteiger partial charge in [0.05, 0.1) is 0 Å². The number of halogens is 1. The van der Waals surface area contributed by atoms with Crippen molar-refractivity contribution < 1.29 is 4.79 Å². The van der Waals surface area contributed by atoms with E-state index in [1.807, 2.05) is 0 Å². The van der Waals surface area contributed by atoms with Crippen LogP contribution in [0.15, 0.2) is 18.2 Å². The lowest BCUT2D eigenvalue weighted by Gasteiger charge is -2.29. The molecule has 0 fully saturated rings. The van der Waals surface area contributed by atoms with Crippen molar-refractivity contribution in [1.82, 2.24) is 5.32 Å². The van der Waals surface area contributed by atoms with Crippen LogP contribution < -0.4 is 5.32 Å². The van der Waals surface area contributed by atoms with Gasteiger partial charge >= 0.3 is 0 Å². The van der Waals surface area contributed by atoms with E-state index in [0.717, 1.165) is 0 Å². The first kappa shape index (κ1) is 16.2. The van der Waals surface area contributed by atoms with Gasteiger partial charge in [-0.2, -0.15) is 0 Å². The Morgan fingerprint density at radius 1 is 1.21 bits per heavy atom. The molecule has 0 radical (unpaired) electrons. The monoisotopic (exact) mass is 325 g/mol. The molecule has 1 rings (SSSR count). The molecule has 106 valence electrons. The molecule has 0 bridgehead atoms. The summed E-state index contributed by atoms with van der Waals surface area (Å²) >= 11 is 2.91. The summed E-state index contributed by atoms with van der Waals surface area (Å²) in [5.41, 5.74) is 3.93. The van der Waals surface area contributed by atoms with Gasteiger partial charge in [0.25, 0.3) is 4.82 Å². The summed E-state index contributed by atoms with van der Waals surface area (Å²) in [6, 6.07) is 6.64. The van der Waals surface area contributed by atoms with Crippen LogP contribution >= 0.6 is 15.9 Å². The van der Waals surface area contributed by atoms with Gasteiger partial charge in [-0.1, -0.05) is 52.8 Å². The molecule has 3 heteroatoms. The van der Waals surface area contributed by atoms with Crippen molar-refractivity contribution in [2.24, 2.45) is 0 Å². The first-order valence-electron chi connectivity index (χ1n) is 6.59. The van der Waals surface area contributed by atoms with E-state index in [9.17, 15) is 4.79 Å². The van der Waals surface area contributed by atoms with Gasteiger partial charge in [-0.05, 0) is 29.0 Å². The van der Waals surface area contributed by atoms with E-state index in [1.54, 1.807) is 0 Å². The zero-order valence-corrected chi connectivity index (χ0v) is 14.3. The quantitative estimate of drug-likeness (QED) is 0.634. The van der Waals surface area contributed by atoms with Gasteiger partial charge in [0.2, 0.25) is 0 Å². The third-order valence-corrected chi connectivity index (χ3v) is 3.78. The maximum absolute atomic E-state index is 11.0. The third-order valence-electron chi connectivity index (χ3n) is 3.50. The molecule has 2 nitrogen and oxygen atoms in total. The Morgan fingerprint density at radius 3 is 2.26 bits per heavy atom. The highest BCUT2D eigenvalue weighted by molar-refractivity contribution is 9.18. The van der Waals surface area contributed by atoms with Gasteiger partial charge in [0.1, 0.15) is 0 Å². The second kappa shape index (κ2) is 5.66. The molecule has 0 unspecified atom stereocenters. The fraction of sp³-hybridized carbons (Fsp3) is 0.562. The Morgan fingerprint density at radius 2 is 1.79 bits per heavy atom. The summed E-state index contributed by atoms with van der Waals surface area (Å²) in [5.74, 6) is 0. The number of rotatable bonds is 3. The standard InChI is InChI=1S/C16H24BrNO/c1-11-7-8-12(15(2,3)4)9-13(11)16(5,6)10-18-14(17)19/h7-9H,10H2,1-6H3,(H,18,19). The summed E-state index contributed by atoms with van der Waals surface area (Å²) in [5, 5.41) is 2.85. The molecule has 1 N–H and O–H groups in total. The first-order chi connectivity index (χ1) is 8.54. The van der Waals surface area contributed by atoms with Crippen LogP contribution in [0.1, 0.15) is 51.3 Å². The lowest BCUT2D eigenvalue weighted by molar-refractivity contribution is 0.259. The van der Waals surface area contributed by atoms with Crippen molar-refractivity contribution in [3.63, 3.8) is 0 Å². The predicted octanol–water partition coefficient (Wildman–Crippen LogP) is 4.67. The van der Waals surface area contributed by atoms with E-state index in [4.69, 9.17) is 0 Å². The van der Waals surface area contributed by atoms with Gasteiger partial charge in [0.15, 0.2) is 0 Å². The van der Waals surface area contributed by atoms with Gasteiger partial charge in [-0.3, -0.25) is 4.79 Å². The number of aryl methyl sites for hydroxylation is 1. The van der Waals surface area contributed by atoms with E-state index in [2.05, 4.69) is 81.0 Å². The molecule has 0 saturated carbocycles. The highest BCUT2D eigenvalue weighted by atomic mass is 79.9. The normalized spacial score (nSPS) is 12.4. The van der Waals surface area contributed by atoms with Gasteiger partial charge in [0, 0.05) is 27.9 Å². The fourth-order valence-corrected chi connectivity index (χ4v) is 2.34. The molecule has 0 atom stereocenters. The number of amides is 1. The zero-order chi connectivity index (χ0) is 14.8. The van der Waals surface area contributed by atoms with E-state index in [1.165, 1.54) is 16.7 Å². The summed E-state index contributed by atoms with van der Waals surface area (Å²) in [4.78, 5) is 10.9. The molecular formula is C16H24BrNO. The van der Waals surface area contributed by atoms with Crippen LogP contribution in [0.4, 0.5) is 4.79 Å². The third kappa shape index (κ3) is 4.34. The molecule has 0 spiro atoms. The Bertz CT molecular complexity index is 472. The molecule has 0 aliphatic rings. The molecule has 0 aliphatic heterocycles. The molecule has 0 aromatic heterocycles. The van der Waals surface area contributed by atoms with Crippen molar-refractivity contribution in [2.75, 3.05) is 6.54 Å². The Labute approximate surface area is 125 Å². The van der Waals surface area contributed by atoms with E-state index < -0.39 is 0 Å². The summed E-state index contributed by atoms with van der Waals surface area (Å²) in [7, 11) is 0. The SMILES string of the molecule is Cc1ccc(C(C)(C)C)cc1C(C)(C)CNC(=O)Br. The number of nitrogens with one attached hydrogen (secondary N) is 1. The van der Waals surface area contributed by atoms with Crippen LogP contribution in [0.2, 0.25) is 0 Å². The molecule has 1 aromatic carbocycles. The Kier molecular flexibility index (Phi) is 4.83. The molecule has 0 aliphatic carbocycles. The van der Waals surface area contributed by atoms with Crippen molar-refractivity contribution in [3.8, 4) is 0 Å². The number of carbonyl (C=O) groups excluding carboxylic acids is 1. The largest absolute Gasteiger partial charge is 0.346 e. The zero-order valence-electron chi connectivity index (χ0n) is 12.7. The number of hydrogen-bond acceptors (Lipinski definition) is 1. The van der Waals surface area contributed by atoms with E-state index in [-0.39, 0.29) is 15.6 Å². The number of benzene rings is 1. The van der Waals surface area contributed by atoms with Crippen molar-refractivity contribution in [1.29, 1.82) is 0 Å². The maximum atomic E-state index is 11.0. The van der Waals surface area contributed by atoms with Crippen LogP contribution in [-0.2, 0) is 10.8 Å². The summed E-state index contributed by atoms with van der Waals surface area (Å²) in [6.07, 6.45) is 0. The first-order valence-corrected chi connectivity index (χ1v) is 7.38. The van der Waals surface area contributed by atoms with Crippen LogP contribution in [0.5, 0.6) is 0 Å². The van der Waals surface area contributed by atoms with Crippen molar-refractivity contribution in [3.05, 3.63) is 34.9 Å². The highest BCUT2D eigenvalue weighted by Gasteiger charge is 2.25. The maximum Gasteiger partial charge on any atom is 0.287 e. The number of hydrogen-bond donors (Lipinski definition) is 1. The molecule has 0 saturated heterocycles. The lowest BCUT2D eigenvalue weighted by Crippen LogP contribution is -2.35. The Hall–Kier alpha value is -0.830. The lowest BCUT2D eigenvalue weighted by atomic mass is 9.77. The second-order valence-electron chi connectivity index (χ2n) is 6.79. The molecule has 0 heterocycles. The van der Waals surface area contributed by atoms with E-state index >= 15 is 0 Å². The smallest absolute Gasteiger partial charge is 0.287 e. The minimum atomic E-state index is -0.162. The summed E-state index contributed by atoms with van der Waals surface area (Å²) < 4.78 is 0. The Balaban J connectivity index is 3.14. The topological polar surface area (TPSA) is 29.1 Å². The van der Waals surface area contributed by atoms with Crippen molar-refractivity contribution >= 4 is 20.7 Å². The van der Waals surface area contributed by atoms with Gasteiger partial charge in [-0.25, -0.2) is 0 Å². The van der Waals surface area contributed by atoms with Crippen LogP contribution in [0.3, 0.4) is 0 Å². The molecular weight excluding hydrogens is 302 g/mol. The second-order valence-corrected chi connectivity index (χ2v) is 7.51. The van der Waals surface area contributed by atoms with E-state index in [0.29, 0.717) is 6.54 Å². The van der Waals surface area contributed by atoms with Crippen LogP contribution in [0, 0.1) is 6.92 Å². The molecule has 1 aromatic rings. The molecule has 1 amide bonds.